The first-order chi connectivity index (χ1) is 13.8. The minimum atomic E-state index is -0.686. The molecule has 4 rings (SSSR count). The highest BCUT2D eigenvalue weighted by atomic mass is 16.2. The average Bonchev–Trinajstić information content (AvgIpc) is 3.28. The van der Waals surface area contributed by atoms with Gasteiger partial charge in [-0.1, -0.05) is 0 Å². The number of aromatic nitrogens is 1. The predicted molar refractivity (Wildman–Crippen MR) is 101 cm³/mol. The maximum absolute atomic E-state index is 12.7. The Morgan fingerprint density at radius 2 is 1.97 bits per heavy atom. The zero-order valence-corrected chi connectivity index (χ0v) is 15.6. The van der Waals surface area contributed by atoms with E-state index < -0.39 is 17.9 Å². The number of hydrogen-bond acceptors (Lipinski definition) is 5. The van der Waals surface area contributed by atoms with Crippen molar-refractivity contribution in [2.45, 2.75) is 32.4 Å². The van der Waals surface area contributed by atoms with E-state index in [1.807, 2.05) is 0 Å². The molecule has 2 aliphatic rings. The van der Waals surface area contributed by atoms with Crippen molar-refractivity contribution in [1.82, 2.24) is 15.2 Å². The number of H-pyrrole nitrogens is 1. The average molecular weight is 394 g/mol. The number of hydrogen-bond donors (Lipinski definition) is 3. The van der Waals surface area contributed by atoms with Crippen LogP contribution in [0.2, 0.25) is 0 Å². The summed E-state index contributed by atoms with van der Waals surface area (Å²) in [5.41, 5.74) is 2.30. The number of fused-ring (bicyclic) bond motifs is 1. The highest BCUT2D eigenvalue weighted by Crippen LogP contribution is 2.29. The van der Waals surface area contributed by atoms with Gasteiger partial charge in [-0.3, -0.25) is 29.3 Å². The molecule has 1 unspecified atom stereocenters. The highest BCUT2D eigenvalue weighted by molar-refractivity contribution is 6.07. The molecule has 1 fully saturated rings. The summed E-state index contributed by atoms with van der Waals surface area (Å²) < 4.78 is 0. The van der Waals surface area contributed by atoms with E-state index in [1.54, 1.807) is 18.2 Å². The Balaban J connectivity index is 1.50. The van der Waals surface area contributed by atoms with Crippen molar-refractivity contribution in [3.63, 3.8) is 0 Å². The normalized spacial score (nSPS) is 18.4. The Labute approximate surface area is 165 Å². The smallest absolute Gasteiger partial charge is 0.272 e. The van der Waals surface area contributed by atoms with Gasteiger partial charge in [-0.15, -0.1) is 0 Å². The minimum absolute atomic E-state index is 0.148. The number of carbonyl (C=O) groups excluding carboxylic acids is 5. The number of ketones is 1. The number of benzene rings is 1. The van der Waals surface area contributed by atoms with Gasteiger partial charge in [0.05, 0.1) is 0 Å². The van der Waals surface area contributed by atoms with E-state index in [2.05, 4.69) is 15.6 Å². The maximum Gasteiger partial charge on any atom is 0.272 e. The van der Waals surface area contributed by atoms with Crippen molar-refractivity contribution in [3.05, 3.63) is 52.8 Å². The Morgan fingerprint density at radius 3 is 2.66 bits per heavy atom. The number of aromatic amines is 1. The molecule has 4 amide bonds. The first kappa shape index (κ1) is 18.6. The monoisotopic (exact) mass is 394 g/mol. The summed E-state index contributed by atoms with van der Waals surface area (Å²) in [4.78, 5) is 64.1. The molecule has 2 aliphatic heterocycles. The van der Waals surface area contributed by atoms with Crippen molar-refractivity contribution >= 4 is 35.1 Å². The fourth-order valence-corrected chi connectivity index (χ4v) is 3.58. The van der Waals surface area contributed by atoms with Crippen LogP contribution in [0.5, 0.6) is 0 Å². The SMILES string of the molecule is CC(=O)c1c[nH]c(C(=O)Nc2ccc3c(c2)CN(C2CCC(=O)NC2=O)C3=O)c1. The molecule has 0 spiro atoms. The van der Waals surface area contributed by atoms with Gasteiger partial charge in [-0.05, 0) is 43.2 Å². The third-order valence-electron chi connectivity index (χ3n) is 5.12. The summed E-state index contributed by atoms with van der Waals surface area (Å²) in [6, 6.07) is 5.69. The van der Waals surface area contributed by atoms with Gasteiger partial charge in [0.1, 0.15) is 11.7 Å². The molecule has 3 heterocycles. The van der Waals surface area contributed by atoms with Gasteiger partial charge in [0, 0.05) is 36.0 Å². The van der Waals surface area contributed by atoms with E-state index in [0.717, 1.165) is 0 Å². The van der Waals surface area contributed by atoms with E-state index in [0.29, 0.717) is 28.8 Å². The van der Waals surface area contributed by atoms with Crippen LogP contribution in [0.15, 0.2) is 30.5 Å². The third kappa shape index (κ3) is 3.42. The molecule has 0 radical (unpaired) electrons. The molecular weight excluding hydrogens is 376 g/mol. The summed E-state index contributed by atoms with van der Waals surface area (Å²) in [6.07, 6.45) is 1.95. The molecule has 29 heavy (non-hydrogen) atoms. The quantitative estimate of drug-likeness (QED) is 0.531. The number of nitrogens with zero attached hydrogens (tertiary/aromatic N) is 1. The van der Waals surface area contributed by atoms with Crippen molar-refractivity contribution in [3.8, 4) is 0 Å². The predicted octanol–water partition coefficient (Wildman–Crippen LogP) is 1.23. The third-order valence-corrected chi connectivity index (χ3v) is 5.12. The number of amides is 4. The summed E-state index contributed by atoms with van der Waals surface area (Å²) in [5.74, 6) is -1.64. The van der Waals surface area contributed by atoms with Gasteiger partial charge in [0.25, 0.3) is 11.8 Å². The Bertz CT molecular complexity index is 1070. The fraction of sp³-hybridized carbons (Fsp3) is 0.250. The first-order valence-electron chi connectivity index (χ1n) is 9.12. The van der Waals surface area contributed by atoms with Crippen LogP contribution in [0.3, 0.4) is 0 Å². The minimum Gasteiger partial charge on any atom is -0.356 e. The van der Waals surface area contributed by atoms with Gasteiger partial charge < -0.3 is 15.2 Å². The van der Waals surface area contributed by atoms with Gasteiger partial charge in [0.2, 0.25) is 11.8 Å². The van der Waals surface area contributed by atoms with Crippen molar-refractivity contribution in [1.29, 1.82) is 0 Å². The van der Waals surface area contributed by atoms with Crippen LogP contribution in [0.4, 0.5) is 5.69 Å². The van der Waals surface area contributed by atoms with Crippen LogP contribution < -0.4 is 10.6 Å². The van der Waals surface area contributed by atoms with Crippen LogP contribution in [0.1, 0.15) is 56.5 Å². The molecule has 0 bridgehead atoms. The zero-order chi connectivity index (χ0) is 20.7. The number of anilines is 1. The molecular formula is C20H18N4O5. The van der Waals surface area contributed by atoms with Crippen molar-refractivity contribution in [2.24, 2.45) is 0 Å². The van der Waals surface area contributed by atoms with E-state index in [4.69, 9.17) is 0 Å². The van der Waals surface area contributed by atoms with Crippen LogP contribution in [-0.2, 0) is 16.1 Å². The Morgan fingerprint density at radius 1 is 1.17 bits per heavy atom. The van der Waals surface area contributed by atoms with Crippen LogP contribution >= 0.6 is 0 Å². The first-order valence-corrected chi connectivity index (χ1v) is 9.12. The number of piperidine rings is 1. The maximum atomic E-state index is 12.7. The van der Waals surface area contributed by atoms with Gasteiger partial charge in [-0.2, -0.15) is 0 Å². The van der Waals surface area contributed by atoms with Crippen LogP contribution in [-0.4, -0.2) is 45.3 Å². The number of imide groups is 1. The number of rotatable bonds is 4. The lowest BCUT2D eigenvalue weighted by Crippen LogP contribution is -2.52. The Hall–Kier alpha value is -3.75. The van der Waals surface area contributed by atoms with E-state index in [9.17, 15) is 24.0 Å². The number of carbonyl (C=O) groups is 5. The summed E-state index contributed by atoms with van der Waals surface area (Å²) in [7, 11) is 0. The molecule has 1 saturated heterocycles. The van der Waals surface area contributed by atoms with Crippen LogP contribution in [0.25, 0.3) is 0 Å². The van der Waals surface area contributed by atoms with Crippen LogP contribution in [0, 0.1) is 0 Å². The lowest BCUT2D eigenvalue weighted by atomic mass is 10.0. The summed E-state index contributed by atoms with van der Waals surface area (Å²) in [6.45, 7) is 1.64. The highest BCUT2D eigenvalue weighted by Gasteiger charge is 2.39. The molecule has 0 saturated carbocycles. The lowest BCUT2D eigenvalue weighted by Gasteiger charge is -2.29. The molecule has 1 aromatic heterocycles. The number of nitrogens with one attached hydrogen (secondary N) is 3. The molecule has 1 atom stereocenters. The fourth-order valence-electron chi connectivity index (χ4n) is 3.58. The lowest BCUT2D eigenvalue weighted by molar-refractivity contribution is -0.136. The standard InChI is InChI=1S/C20H18N4O5/c1-10(25)11-7-15(21-8-11)18(27)22-13-2-3-14-12(6-13)9-24(20(14)29)16-4-5-17(26)23-19(16)28/h2-3,6-8,16,21H,4-5,9H2,1H3,(H,22,27)(H,23,26,28). The summed E-state index contributed by atoms with van der Waals surface area (Å²) in [5, 5.41) is 4.99. The molecule has 9 heteroatoms. The van der Waals surface area contributed by atoms with Gasteiger partial charge >= 0.3 is 0 Å². The second kappa shape index (κ2) is 7.01. The molecule has 1 aromatic carbocycles. The number of Topliss-reactive ketones (excluding diaryl/α,β-unsaturated/α-hetero) is 1. The van der Waals surface area contributed by atoms with E-state index in [1.165, 1.54) is 24.1 Å². The van der Waals surface area contributed by atoms with Crippen molar-refractivity contribution < 1.29 is 24.0 Å². The van der Waals surface area contributed by atoms with Gasteiger partial charge in [-0.25, -0.2) is 0 Å². The largest absolute Gasteiger partial charge is 0.356 e. The van der Waals surface area contributed by atoms with E-state index in [-0.39, 0.29) is 36.3 Å². The molecule has 2 aromatic rings. The Kier molecular flexibility index (Phi) is 4.50. The second-order valence-corrected chi connectivity index (χ2v) is 7.08. The molecule has 0 aliphatic carbocycles. The molecule has 9 nitrogen and oxygen atoms in total. The topological polar surface area (TPSA) is 128 Å². The van der Waals surface area contributed by atoms with Crippen molar-refractivity contribution in [2.75, 3.05) is 5.32 Å². The summed E-state index contributed by atoms with van der Waals surface area (Å²) >= 11 is 0. The molecule has 3 N–H and O–H groups in total. The van der Waals surface area contributed by atoms with E-state index >= 15 is 0 Å². The second-order valence-electron chi connectivity index (χ2n) is 7.08. The molecule has 148 valence electrons. The zero-order valence-electron chi connectivity index (χ0n) is 15.6. The van der Waals surface area contributed by atoms with Gasteiger partial charge in [0.15, 0.2) is 5.78 Å².